The van der Waals surface area contributed by atoms with Crippen LogP contribution >= 0.6 is 0 Å². The van der Waals surface area contributed by atoms with Gasteiger partial charge in [0.15, 0.2) is 6.61 Å². The topological polar surface area (TPSA) is 127 Å². The highest BCUT2D eigenvalue weighted by Gasteiger charge is 2.15. The Hall–Kier alpha value is -4.21. The van der Waals surface area contributed by atoms with Crippen LogP contribution in [0.4, 0.5) is 5.69 Å². The minimum Gasteiger partial charge on any atom is -0.497 e. The zero-order valence-electron chi connectivity index (χ0n) is 16.1. The van der Waals surface area contributed by atoms with E-state index in [2.05, 4.69) is 10.1 Å². The molecule has 3 rings (SSSR count). The predicted octanol–water partition coefficient (Wildman–Crippen LogP) is 3.42. The zero-order valence-corrected chi connectivity index (χ0v) is 16.1. The van der Waals surface area contributed by atoms with Gasteiger partial charge in [-0.1, -0.05) is 5.16 Å². The molecule has 2 aromatic carbocycles. The first kappa shape index (κ1) is 20.5. The molecule has 0 amide bonds. The largest absolute Gasteiger partial charge is 0.497 e. The summed E-state index contributed by atoms with van der Waals surface area (Å²) in [5.41, 5.74) is 1.18. The van der Waals surface area contributed by atoms with Crippen LogP contribution in [0.25, 0.3) is 17.5 Å². The van der Waals surface area contributed by atoms with E-state index < -0.39 is 10.9 Å². The Morgan fingerprint density at radius 1 is 1.17 bits per heavy atom. The number of nitro benzene ring substituents is 1. The van der Waals surface area contributed by atoms with Gasteiger partial charge in [-0.3, -0.25) is 10.1 Å². The van der Waals surface area contributed by atoms with Crippen molar-refractivity contribution in [1.29, 1.82) is 0 Å². The number of rotatable bonds is 8. The molecule has 10 nitrogen and oxygen atoms in total. The van der Waals surface area contributed by atoms with Gasteiger partial charge in [0.2, 0.25) is 5.82 Å². The van der Waals surface area contributed by atoms with Gasteiger partial charge in [-0.05, 0) is 35.9 Å². The normalized spacial score (nSPS) is 10.7. The number of methoxy groups -OCH3 is 2. The molecule has 30 heavy (non-hydrogen) atoms. The molecule has 0 N–H and O–H groups in total. The molecule has 0 saturated heterocycles. The number of carbonyl (C=O) groups is 1. The Morgan fingerprint density at radius 2 is 1.93 bits per heavy atom. The molecular weight excluding hydrogens is 394 g/mol. The number of ether oxygens (including phenoxy) is 3. The SMILES string of the molecule is COc1ccc(-c2noc(COC(=O)/C=C/c3ccc([N+](=O)[O-])cc3)n2)c(OC)c1. The lowest BCUT2D eigenvalue weighted by molar-refractivity contribution is -0.384. The lowest BCUT2D eigenvalue weighted by Crippen LogP contribution is -2.01. The molecule has 0 unspecified atom stereocenters. The third-order valence-corrected chi connectivity index (χ3v) is 3.97. The van der Waals surface area contributed by atoms with Gasteiger partial charge in [-0.25, -0.2) is 4.79 Å². The lowest BCUT2D eigenvalue weighted by atomic mass is 10.2. The van der Waals surface area contributed by atoms with E-state index in [-0.39, 0.29) is 24.0 Å². The van der Waals surface area contributed by atoms with Gasteiger partial charge in [0.05, 0.1) is 24.7 Å². The Labute approximate surface area is 170 Å². The predicted molar refractivity (Wildman–Crippen MR) is 105 cm³/mol. The van der Waals surface area contributed by atoms with Gasteiger partial charge in [0.25, 0.3) is 11.6 Å². The highest BCUT2D eigenvalue weighted by Crippen LogP contribution is 2.31. The summed E-state index contributed by atoms with van der Waals surface area (Å²) in [6.45, 7) is -0.213. The van der Waals surface area contributed by atoms with Crippen molar-refractivity contribution in [2.45, 2.75) is 6.61 Å². The number of hydrogen-bond acceptors (Lipinski definition) is 9. The van der Waals surface area contributed by atoms with E-state index in [0.29, 0.717) is 22.6 Å². The third-order valence-electron chi connectivity index (χ3n) is 3.97. The molecule has 0 saturated carbocycles. The minimum absolute atomic E-state index is 0.0320. The third kappa shape index (κ3) is 4.98. The summed E-state index contributed by atoms with van der Waals surface area (Å²) in [4.78, 5) is 26.2. The van der Waals surface area contributed by atoms with Gasteiger partial charge in [-0.2, -0.15) is 4.98 Å². The molecule has 0 aliphatic rings. The van der Waals surface area contributed by atoms with Crippen LogP contribution in [0.2, 0.25) is 0 Å². The molecule has 10 heteroatoms. The van der Waals surface area contributed by atoms with Crippen LogP contribution in [0.15, 0.2) is 53.1 Å². The fourth-order valence-corrected chi connectivity index (χ4v) is 2.46. The molecule has 3 aromatic rings. The summed E-state index contributed by atoms with van der Waals surface area (Å²) in [7, 11) is 3.06. The zero-order chi connectivity index (χ0) is 21.5. The summed E-state index contributed by atoms with van der Waals surface area (Å²) in [5, 5.41) is 14.5. The molecule has 1 heterocycles. The van der Waals surface area contributed by atoms with Crippen LogP contribution < -0.4 is 9.47 Å². The van der Waals surface area contributed by atoms with Crippen molar-refractivity contribution < 1.29 is 28.5 Å². The number of nitrogens with zero attached hydrogens (tertiary/aromatic N) is 3. The van der Waals surface area contributed by atoms with Crippen LogP contribution in [0, 0.1) is 10.1 Å². The van der Waals surface area contributed by atoms with Crippen LogP contribution in [0.1, 0.15) is 11.5 Å². The summed E-state index contributed by atoms with van der Waals surface area (Å²) in [5.74, 6) is 0.884. The van der Waals surface area contributed by atoms with Crippen LogP contribution in [-0.4, -0.2) is 35.3 Å². The van der Waals surface area contributed by atoms with Crippen molar-refractivity contribution in [3.05, 3.63) is 70.1 Å². The number of benzene rings is 2. The van der Waals surface area contributed by atoms with Gasteiger partial charge >= 0.3 is 5.97 Å². The molecule has 0 fully saturated rings. The molecule has 0 aliphatic heterocycles. The number of hydrogen-bond donors (Lipinski definition) is 0. The van der Waals surface area contributed by atoms with E-state index in [4.69, 9.17) is 18.7 Å². The Bertz CT molecular complexity index is 1070. The van der Waals surface area contributed by atoms with E-state index in [0.717, 1.165) is 0 Å². The second-order valence-electron chi connectivity index (χ2n) is 5.87. The summed E-state index contributed by atoms with van der Waals surface area (Å²) >= 11 is 0. The average Bonchev–Trinajstić information content (AvgIpc) is 3.24. The molecule has 1 aromatic heterocycles. The molecular formula is C20H17N3O7. The molecule has 0 atom stereocenters. The number of aromatic nitrogens is 2. The van der Waals surface area contributed by atoms with Crippen LogP contribution in [-0.2, 0) is 16.1 Å². The molecule has 0 bridgehead atoms. The first-order valence-electron chi connectivity index (χ1n) is 8.64. The monoisotopic (exact) mass is 411 g/mol. The van der Waals surface area contributed by atoms with Crippen molar-refractivity contribution in [3.8, 4) is 22.9 Å². The fourth-order valence-electron chi connectivity index (χ4n) is 2.46. The van der Waals surface area contributed by atoms with E-state index in [9.17, 15) is 14.9 Å². The number of nitro groups is 1. The van der Waals surface area contributed by atoms with Crippen molar-refractivity contribution in [2.24, 2.45) is 0 Å². The fraction of sp³-hybridized carbons (Fsp3) is 0.150. The maximum absolute atomic E-state index is 11.9. The van der Waals surface area contributed by atoms with E-state index in [1.54, 1.807) is 25.3 Å². The average molecular weight is 411 g/mol. The molecule has 154 valence electrons. The first-order valence-corrected chi connectivity index (χ1v) is 8.64. The van der Waals surface area contributed by atoms with Crippen molar-refractivity contribution >= 4 is 17.7 Å². The Kier molecular flexibility index (Phi) is 6.38. The van der Waals surface area contributed by atoms with Gasteiger partial charge < -0.3 is 18.7 Å². The van der Waals surface area contributed by atoms with E-state index in [1.807, 2.05) is 0 Å². The maximum Gasteiger partial charge on any atom is 0.331 e. The number of non-ortho nitro benzene ring substituents is 1. The standard InChI is InChI=1S/C20H17N3O7/c1-27-15-8-9-16(17(11-15)28-2)20-21-18(30-22-20)12-29-19(24)10-5-13-3-6-14(7-4-13)23(25)26/h3-11H,12H2,1-2H3/b10-5+. The second kappa shape index (κ2) is 9.32. The minimum atomic E-state index is -0.630. The van der Waals surface area contributed by atoms with E-state index >= 15 is 0 Å². The maximum atomic E-state index is 11.9. The summed E-state index contributed by atoms with van der Waals surface area (Å²) < 4.78 is 20.6. The van der Waals surface area contributed by atoms with Crippen LogP contribution in [0.5, 0.6) is 11.5 Å². The molecule has 0 spiro atoms. The number of carbonyl (C=O) groups excluding carboxylic acids is 1. The van der Waals surface area contributed by atoms with Gasteiger partial charge in [0, 0.05) is 24.3 Å². The second-order valence-corrected chi connectivity index (χ2v) is 5.87. The summed E-state index contributed by atoms with van der Waals surface area (Å²) in [6, 6.07) is 10.9. The highest BCUT2D eigenvalue weighted by molar-refractivity contribution is 5.87. The van der Waals surface area contributed by atoms with Crippen molar-refractivity contribution in [3.63, 3.8) is 0 Å². The lowest BCUT2D eigenvalue weighted by Gasteiger charge is -2.07. The van der Waals surface area contributed by atoms with E-state index in [1.165, 1.54) is 43.5 Å². The Balaban J connectivity index is 1.60. The summed E-state index contributed by atoms with van der Waals surface area (Å²) in [6.07, 6.45) is 2.68. The van der Waals surface area contributed by atoms with Crippen molar-refractivity contribution in [2.75, 3.05) is 14.2 Å². The van der Waals surface area contributed by atoms with Gasteiger partial charge in [0.1, 0.15) is 11.5 Å². The van der Waals surface area contributed by atoms with Crippen molar-refractivity contribution in [1.82, 2.24) is 10.1 Å². The van der Waals surface area contributed by atoms with Gasteiger partial charge in [-0.15, -0.1) is 0 Å². The Morgan fingerprint density at radius 3 is 2.60 bits per heavy atom. The smallest absolute Gasteiger partial charge is 0.331 e. The van der Waals surface area contributed by atoms with Crippen LogP contribution in [0.3, 0.4) is 0 Å². The highest BCUT2D eigenvalue weighted by atomic mass is 16.6. The molecule has 0 aliphatic carbocycles. The number of esters is 1. The quantitative estimate of drug-likeness (QED) is 0.237. The first-order chi connectivity index (χ1) is 14.5. The molecule has 0 radical (unpaired) electrons.